The van der Waals surface area contributed by atoms with Crippen molar-refractivity contribution in [1.82, 2.24) is 4.98 Å². The molecule has 1 aliphatic heterocycles. The van der Waals surface area contributed by atoms with Crippen molar-refractivity contribution in [3.8, 4) is 5.75 Å². The Kier molecular flexibility index (Phi) is 5.45. The van der Waals surface area contributed by atoms with E-state index in [9.17, 15) is 4.79 Å². The smallest absolute Gasteiger partial charge is 0.274 e. The fraction of sp³-hybridized carbons (Fsp3) is 0.238. The Bertz CT molecular complexity index is 1020. The fourth-order valence-electron chi connectivity index (χ4n) is 3.23. The third-order valence-electron chi connectivity index (χ3n) is 4.69. The second-order valence-corrected chi connectivity index (χ2v) is 7.39. The van der Waals surface area contributed by atoms with Crippen LogP contribution in [0.4, 0.5) is 11.4 Å². The van der Waals surface area contributed by atoms with Crippen LogP contribution in [-0.2, 0) is 4.74 Å². The Morgan fingerprint density at radius 2 is 1.96 bits per heavy atom. The molecule has 0 spiro atoms. The highest BCUT2D eigenvalue weighted by Crippen LogP contribution is 2.30. The molecule has 0 unspecified atom stereocenters. The van der Waals surface area contributed by atoms with Crippen molar-refractivity contribution in [3.63, 3.8) is 0 Å². The number of fused-ring (bicyclic) bond motifs is 1. The van der Waals surface area contributed by atoms with Crippen LogP contribution in [-0.4, -0.2) is 44.3 Å². The highest BCUT2D eigenvalue weighted by molar-refractivity contribution is 9.10. The number of ether oxygens (including phenoxy) is 2. The van der Waals surface area contributed by atoms with E-state index in [0.29, 0.717) is 18.9 Å². The number of nitrogens with zero attached hydrogens (tertiary/aromatic N) is 2. The zero-order valence-electron chi connectivity index (χ0n) is 15.4. The molecule has 0 atom stereocenters. The highest BCUT2D eigenvalue weighted by atomic mass is 79.9. The number of nitrogens with one attached hydrogen (secondary N) is 1. The molecule has 2 heterocycles. The van der Waals surface area contributed by atoms with E-state index in [-0.39, 0.29) is 5.91 Å². The lowest BCUT2D eigenvalue weighted by molar-refractivity contribution is 0.102. The Labute approximate surface area is 171 Å². The lowest BCUT2D eigenvalue weighted by Gasteiger charge is -2.30. The number of carbonyl (C=O) groups is 1. The van der Waals surface area contributed by atoms with E-state index in [4.69, 9.17) is 9.47 Å². The monoisotopic (exact) mass is 441 g/mol. The molecule has 2 aromatic carbocycles. The summed E-state index contributed by atoms with van der Waals surface area (Å²) in [5.41, 5.74) is 2.84. The number of carbonyl (C=O) groups excluding carboxylic acids is 1. The van der Waals surface area contributed by atoms with E-state index >= 15 is 0 Å². The van der Waals surface area contributed by atoms with Gasteiger partial charge >= 0.3 is 0 Å². The molecule has 0 aliphatic carbocycles. The van der Waals surface area contributed by atoms with Gasteiger partial charge < -0.3 is 19.7 Å². The van der Waals surface area contributed by atoms with Crippen LogP contribution in [0.3, 0.4) is 0 Å². The van der Waals surface area contributed by atoms with E-state index in [1.807, 2.05) is 42.5 Å². The molecule has 28 heavy (non-hydrogen) atoms. The van der Waals surface area contributed by atoms with E-state index in [2.05, 4.69) is 31.1 Å². The van der Waals surface area contributed by atoms with Crippen LogP contribution in [0.15, 0.2) is 53.0 Å². The number of halogens is 1. The lowest BCUT2D eigenvalue weighted by Crippen LogP contribution is -2.36. The van der Waals surface area contributed by atoms with Crippen LogP contribution in [0.1, 0.15) is 10.5 Å². The summed E-state index contributed by atoms with van der Waals surface area (Å²) in [7, 11) is 1.63. The second-order valence-electron chi connectivity index (χ2n) is 6.47. The summed E-state index contributed by atoms with van der Waals surface area (Å²) in [6.45, 7) is 2.94. The first-order valence-electron chi connectivity index (χ1n) is 9.02. The molecule has 1 aliphatic rings. The number of aromatic nitrogens is 1. The summed E-state index contributed by atoms with van der Waals surface area (Å²) >= 11 is 3.49. The average Bonchev–Trinajstić information content (AvgIpc) is 2.73. The van der Waals surface area contributed by atoms with Gasteiger partial charge in [0.2, 0.25) is 0 Å². The molecule has 0 bridgehead atoms. The van der Waals surface area contributed by atoms with E-state index in [0.717, 1.165) is 45.6 Å². The predicted octanol–water partition coefficient (Wildman–Crippen LogP) is 4.09. The normalized spacial score (nSPS) is 14.1. The largest absolute Gasteiger partial charge is 0.497 e. The van der Waals surface area contributed by atoms with Crippen LogP contribution < -0.4 is 15.0 Å². The van der Waals surface area contributed by atoms with Crippen molar-refractivity contribution in [2.24, 2.45) is 0 Å². The van der Waals surface area contributed by atoms with Crippen LogP contribution in [0.5, 0.6) is 5.75 Å². The molecule has 0 saturated carbocycles. The minimum absolute atomic E-state index is 0.245. The molecule has 1 aromatic heterocycles. The van der Waals surface area contributed by atoms with Gasteiger partial charge in [0.05, 0.1) is 37.2 Å². The molecule has 1 amide bonds. The molecule has 0 radical (unpaired) electrons. The van der Waals surface area contributed by atoms with Crippen LogP contribution in [0.2, 0.25) is 0 Å². The number of hydrogen-bond acceptors (Lipinski definition) is 5. The zero-order chi connectivity index (χ0) is 19.5. The van der Waals surface area contributed by atoms with Gasteiger partial charge in [-0.3, -0.25) is 4.79 Å². The molecule has 6 nitrogen and oxygen atoms in total. The van der Waals surface area contributed by atoms with Gasteiger partial charge in [-0.1, -0.05) is 22.0 Å². The second kappa shape index (κ2) is 8.16. The summed E-state index contributed by atoms with van der Waals surface area (Å²) in [6.07, 6.45) is 0. The van der Waals surface area contributed by atoms with Gasteiger partial charge in [-0.2, -0.15) is 0 Å². The molecule has 3 aromatic rings. The molecule has 144 valence electrons. The van der Waals surface area contributed by atoms with Crippen LogP contribution in [0, 0.1) is 0 Å². The Morgan fingerprint density at radius 3 is 2.75 bits per heavy atom. The number of anilines is 2. The highest BCUT2D eigenvalue weighted by Gasteiger charge is 2.18. The van der Waals surface area contributed by atoms with Gasteiger partial charge in [0, 0.05) is 22.9 Å². The minimum Gasteiger partial charge on any atom is -0.497 e. The van der Waals surface area contributed by atoms with Crippen molar-refractivity contribution in [1.29, 1.82) is 0 Å². The third-order valence-corrected chi connectivity index (χ3v) is 5.18. The fourth-order valence-corrected chi connectivity index (χ4v) is 3.59. The number of rotatable bonds is 4. The van der Waals surface area contributed by atoms with Crippen molar-refractivity contribution >= 4 is 44.1 Å². The maximum Gasteiger partial charge on any atom is 0.274 e. The molecule has 4 rings (SSSR count). The topological polar surface area (TPSA) is 63.7 Å². The van der Waals surface area contributed by atoms with E-state index < -0.39 is 0 Å². The number of amides is 1. The average molecular weight is 442 g/mol. The number of benzene rings is 2. The van der Waals surface area contributed by atoms with Gasteiger partial charge in [0.1, 0.15) is 11.4 Å². The van der Waals surface area contributed by atoms with Crippen molar-refractivity contribution in [2.75, 3.05) is 43.6 Å². The molecule has 7 heteroatoms. The molecular formula is C21H20BrN3O3. The maximum absolute atomic E-state index is 12.9. The number of methoxy groups -OCH3 is 1. The van der Waals surface area contributed by atoms with E-state index in [1.54, 1.807) is 13.2 Å². The third kappa shape index (κ3) is 3.95. The summed E-state index contributed by atoms with van der Waals surface area (Å²) in [5.74, 6) is 0.515. The minimum atomic E-state index is -0.245. The first-order chi connectivity index (χ1) is 13.6. The number of morpholine rings is 1. The van der Waals surface area contributed by atoms with Crippen LogP contribution >= 0.6 is 15.9 Å². The summed E-state index contributed by atoms with van der Waals surface area (Å²) < 4.78 is 11.6. The Balaban J connectivity index is 1.61. The van der Waals surface area contributed by atoms with Gasteiger partial charge in [-0.25, -0.2) is 4.98 Å². The molecular weight excluding hydrogens is 422 g/mol. The Morgan fingerprint density at radius 1 is 1.14 bits per heavy atom. The van der Waals surface area contributed by atoms with Gasteiger partial charge in [0.25, 0.3) is 5.91 Å². The molecule has 1 fully saturated rings. The quantitative estimate of drug-likeness (QED) is 0.660. The lowest BCUT2D eigenvalue weighted by atomic mass is 10.2. The summed E-state index contributed by atoms with van der Waals surface area (Å²) in [5, 5.41) is 3.94. The van der Waals surface area contributed by atoms with Gasteiger partial charge in [0.15, 0.2) is 0 Å². The first kappa shape index (κ1) is 18.7. The van der Waals surface area contributed by atoms with Crippen molar-refractivity contribution in [3.05, 3.63) is 58.7 Å². The van der Waals surface area contributed by atoms with Gasteiger partial charge in [-0.05, 0) is 42.5 Å². The maximum atomic E-state index is 12.9. The standard InChI is InChI=1S/C21H20BrN3O3/c1-27-16-4-6-17-14(12-16)2-5-18(23-17)21(26)24-19-13-15(22)3-7-20(19)25-8-10-28-11-9-25/h2-7,12-13H,8-11H2,1H3,(H,24,26). The Hall–Kier alpha value is -2.64. The van der Waals surface area contributed by atoms with E-state index in [1.165, 1.54) is 0 Å². The SMILES string of the molecule is COc1ccc2nc(C(=O)Nc3cc(Br)ccc3N3CCOCC3)ccc2c1. The number of pyridine rings is 1. The number of hydrogen-bond donors (Lipinski definition) is 1. The van der Waals surface area contributed by atoms with Crippen molar-refractivity contribution < 1.29 is 14.3 Å². The van der Waals surface area contributed by atoms with Gasteiger partial charge in [-0.15, -0.1) is 0 Å². The first-order valence-corrected chi connectivity index (χ1v) is 9.82. The predicted molar refractivity (Wildman–Crippen MR) is 113 cm³/mol. The van der Waals surface area contributed by atoms with Crippen molar-refractivity contribution in [2.45, 2.75) is 0 Å². The van der Waals surface area contributed by atoms with Crippen LogP contribution in [0.25, 0.3) is 10.9 Å². The summed E-state index contributed by atoms with van der Waals surface area (Å²) in [6, 6.07) is 15.1. The molecule has 1 N–H and O–H groups in total. The zero-order valence-corrected chi connectivity index (χ0v) is 17.0. The summed E-state index contributed by atoms with van der Waals surface area (Å²) in [4.78, 5) is 19.6. The molecule has 1 saturated heterocycles.